The number of guanidine groups is 1. The Morgan fingerprint density at radius 3 is 2.83 bits per heavy atom. The lowest BCUT2D eigenvalue weighted by Gasteiger charge is -2.44. The highest BCUT2D eigenvalue weighted by Crippen LogP contribution is 2.42. The topological polar surface area (TPSA) is 82.3 Å². The zero-order valence-corrected chi connectivity index (χ0v) is 17.6. The van der Waals surface area contributed by atoms with E-state index in [9.17, 15) is 0 Å². The van der Waals surface area contributed by atoms with E-state index in [2.05, 4.69) is 32.3 Å². The van der Waals surface area contributed by atoms with Gasteiger partial charge in [0.1, 0.15) is 5.82 Å². The minimum atomic E-state index is 0.508. The van der Waals surface area contributed by atoms with Crippen molar-refractivity contribution in [2.75, 3.05) is 26.2 Å². The molecule has 2 N–H and O–H groups in total. The molecule has 0 atom stereocenters. The number of nitrogens with zero attached hydrogens (tertiary/aromatic N) is 4. The van der Waals surface area contributed by atoms with E-state index in [-0.39, 0.29) is 0 Å². The van der Waals surface area contributed by atoms with Crippen molar-refractivity contribution < 1.29 is 4.42 Å². The number of hydrogen-bond acceptors (Lipinski definition) is 4. The van der Waals surface area contributed by atoms with Gasteiger partial charge >= 0.3 is 0 Å². The number of rotatable bonds is 5. The van der Waals surface area contributed by atoms with Crippen LogP contribution < -0.4 is 5.32 Å². The van der Waals surface area contributed by atoms with Gasteiger partial charge in [-0.1, -0.05) is 25.7 Å². The van der Waals surface area contributed by atoms with Crippen LogP contribution in [0.25, 0.3) is 11.6 Å². The Kier molecular flexibility index (Phi) is 6.52. The van der Waals surface area contributed by atoms with Crippen molar-refractivity contribution in [2.45, 2.75) is 64.7 Å². The Balaban J connectivity index is 1.38. The van der Waals surface area contributed by atoms with Crippen molar-refractivity contribution in [3.8, 4) is 11.6 Å². The zero-order chi connectivity index (χ0) is 19.9. The molecule has 2 aromatic heterocycles. The lowest BCUT2D eigenvalue weighted by Crippen LogP contribution is -2.50. The van der Waals surface area contributed by atoms with Gasteiger partial charge in [0, 0.05) is 32.6 Å². The fourth-order valence-electron chi connectivity index (χ4n) is 4.89. The minimum Gasteiger partial charge on any atom is -0.461 e. The monoisotopic (exact) mass is 398 g/mol. The van der Waals surface area contributed by atoms with Gasteiger partial charge < -0.3 is 14.6 Å². The van der Waals surface area contributed by atoms with E-state index in [0.29, 0.717) is 23.5 Å². The number of piperidine rings is 1. The molecule has 0 amide bonds. The van der Waals surface area contributed by atoms with Crippen LogP contribution in [0.1, 0.15) is 64.1 Å². The van der Waals surface area contributed by atoms with E-state index < -0.39 is 0 Å². The molecule has 29 heavy (non-hydrogen) atoms. The number of aliphatic imine (C=N–C) groups is 1. The normalized spacial score (nSPS) is 20.0. The van der Waals surface area contributed by atoms with Crippen LogP contribution in [0, 0.1) is 5.41 Å². The highest BCUT2D eigenvalue weighted by atomic mass is 16.3. The lowest BCUT2D eigenvalue weighted by atomic mass is 9.74. The molecule has 1 saturated heterocycles. The van der Waals surface area contributed by atoms with E-state index in [1.807, 2.05) is 12.1 Å². The third kappa shape index (κ3) is 5.00. The predicted octanol–water partition coefficient (Wildman–Crippen LogP) is 4.01. The van der Waals surface area contributed by atoms with Crippen LogP contribution in [0.3, 0.4) is 0 Å². The molecule has 1 saturated carbocycles. The quantitative estimate of drug-likeness (QED) is 0.587. The highest BCUT2D eigenvalue weighted by Gasteiger charge is 2.36. The number of aromatic nitrogens is 3. The molecule has 2 fully saturated rings. The van der Waals surface area contributed by atoms with E-state index in [0.717, 1.165) is 37.8 Å². The Morgan fingerprint density at radius 1 is 1.24 bits per heavy atom. The summed E-state index contributed by atoms with van der Waals surface area (Å²) in [7, 11) is 0. The number of likely N-dealkylation sites (tertiary alicyclic amines) is 1. The molecule has 3 heterocycles. The molecular weight excluding hydrogens is 364 g/mol. The summed E-state index contributed by atoms with van der Waals surface area (Å²) in [4.78, 5) is 12.0. The zero-order valence-electron chi connectivity index (χ0n) is 17.6. The van der Waals surface area contributed by atoms with Crippen molar-refractivity contribution in [3.63, 3.8) is 0 Å². The van der Waals surface area contributed by atoms with Crippen LogP contribution in [0.5, 0.6) is 0 Å². The van der Waals surface area contributed by atoms with Crippen molar-refractivity contribution >= 4 is 5.96 Å². The summed E-state index contributed by atoms with van der Waals surface area (Å²) in [5.74, 6) is 3.19. The van der Waals surface area contributed by atoms with Gasteiger partial charge in [-0.2, -0.15) is 5.10 Å². The Hall–Kier alpha value is -2.31. The van der Waals surface area contributed by atoms with Gasteiger partial charge in [0.25, 0.3) is 0 Å². The second-order valence-corrected chi connectivity index (χ2v) is 8.51. The summed E-state index contributed by atoms with van der Waals surface area (Å²) in [6, 6.07) is 3.71. The van der Waals surface area contributed by atoms with Crippen LogP contribution >= 0.6 is 0 Å². The summed E-state index contributed by atoms with van der Waals surface area (Å²) < 4.78 is 5.36. The fourth-order valence-corrected chi connectivity index (χ4v) is 4.89. The molecule has 158 valence electrons. The van der Waals surface area contributed by atoms with Gasteiger partial charge in [-0.15, -0.1) is 0 Å². The number of hydrogen-bond donors (Lipinski definition) is 2. The van der Waals surface area contributed by atoms with Crippen LogP contribution in [-0.2, 0) is 6.42 Å². The first-order chi connectivity index (χ1) is 14.3. The average molecular weight is 399 g/mol. The van der Waals surface area contributed by atoms with Gasteiger partial charge in [-0.05, 0) is 50.2 Å². The van der Waals surface area contributed by atoms with Crippen molar-refractivity contribution in [3.05, 3.63) is 24.2 Å². The number of H-pyrrole nitrogens is 1. The summed E-state index contributed by atoms with van der Waals surface area (Å²) in [5.41, 5.74) is 0.508. The molecular formula is C22H34N6O. The van der Waals surface area contributed by atoms with Crippen LogP contribution in [0.2, 0.25) is 0 Å². The van der Waals surface area contributed by atoms with E-state index >= 15 is 0 Å². The summed E-state index contributed by atoms with van der Waals surface area (Å²) >= 11 is 0. The summed E-state index contributed by atoms with van der Waals surface area (Å²) in [5, 5.41) is 10.8. The first kappa shape index (κ1) is 20.0. The summed E-state index contributed by atoms with van der Waals surface area (Å²) in [6.45, 7) is 6.00. The van der Waals surface area contributed by atoms with Crippen molar-refractivity contribution in [1.29, 1.82) is 0 Å². The third-order valence-corrected chi connectivity index (χ3v) is 6.34. The molecule has 7 heteroatoms. The second-order valence-electron chi connectivity index (χ2n) is 8.51. The molecule has 0 unspecified atom stereocenters. The Bertz CT molecular complexity index is 773. The number of aromatic amines is 1. The first-order valence-electron chi connectivity index (χ1n) is 11.3. The molecule has 1 aliphatic carbocycles. The smallest absolute Gasteiger partial charge is 0.216 e. The van der Waals surface area contributed by atoms with Crippen LogP contribution in [0.4, 0.5) is 0 Å². The van der Waals surface area contributed by atoms with Gasteiger partial charge in [0.15, 0.2) is 11.7 Å². The fraction of sp³-hybridized carbons (Fsp3) is 0.682. The maximum atomic E-state index is 5.36. The van der Waals surface area contributed by atoms with Gasteiger partial charge in [-0.3, -0.25) is 10.1 Å². The van der Waals surface area contributed by atoms with E-state index in [1.165, 1.54) is 51.4 Å². The molecule has 0 radical (unpaired) electrons. The highest BCUT2D eigenvalue weighted by molar-refractivity contribution is 5.80. The second kappa shape index (κ2) is 9.46. The van der Waals surface area contributed by atoms with E-state index in [4.69, 9.17) is 9.41 Å². The molecule has 2 aliphatic rings. The molecule has 4 rings (SSSR count). The van der Waals surface area contributed by atoms with Gasteiger partial charge in [0.2, 0.25) is 5.82 Å². The molecule has 0 aromatic carbocycles. The first-order valence-corrected chi connectivity index (χ1v) is 11.3. The third-order valence-electron chi connectivity index (χ3n) is 6.34. The van der Waals surface area contributed by atoms with Crippen LogP contribution in [-0.4, -0.2) is 52.2 Å². The standard InChI is InChI=1S/C22H34N6O/c1-2-23-21(28-15-8-13-22(17-28)11-5-3-4-6-12-22)24-14-10-19-25-20(27-26-19)18-9-7-16-29-18/h7,9,16H,2-6,8,10-15,17H2,1H3,(H,23,24)(H,25,26,27). The molecule has 1 aliphatic heterocycles. The molecule has 7 nitrogen and oxygen atoms in total. The Labute approximate surface area is 173 Å². The molecule has 2 aromatic rings. The largest absolute Gasteiger partial charge is 0.461 e. The molecule has 0 bridgehead atoms. The van der Waals surface area contributed by atoms with Crippen LogP contribution in [0.15, 0.2) is 27.8 Å². The number of nitrogens with one attached hydrogen (secondary N) is 2. The predicted molar refractivity (Wildman–Crippen MR) is 115 cm³/mol. The number of furan rings is 1. The van der Waals surface area contributed by atoms with Crippen molar-refractivity contribution in [2.24, 2.45) is 10.4 Å². The van der Waals surface area contributed by atoms with Crippen molar-refractivity contribution in [1.82, 2.24) is 25.4 Å². The average Bonchev–Trinajstić information content (AvgIpc) is 3.38. The SMILES string of the molecule is CCNC(=NCCc1nc(-c2ccco2)n[nH]1)N1CCCC2(CCCCCC2)C1. The van der Waals surface area contributed by atoms with Gasteiger partial charge in [0.05, 0.1) is 6.26 Å². The lowest BCUT2D eigenvalue weighted by molar-refractivity contribution is 0.115. The molecule has 1 spiro atoms. The minimum absolute atomic E-state index is 0.508. The maximum absolute atomic E-state index is 5.36. The van der Waals surface area contributed by atoms with E-state index in [1.54, 1.807) is 6.26 Å². The summed E-state index contributed by atoms with van der Waals surface area (Å²) in [6.07, 6.45) is 13.4. The van der Waals surface area contributed by atoms with Gasteiger partial charge in [-0.25, -0.2) is 4.98 Å². The maximum Gasteiger partial charge on any atom is 0.216 e. The Morgan fingerprint density at radius 2 is 2.07 bits per heavy atom.